The van der Waals surface area contributed by atoms with Crippen LogP contribution in [0.4, 0.5) is 10.5 Å². The van der Waals surface area contributed by atoms with Gasteiger partial charge in [0.05, 0.1) is 17.9 Å². The maximum absolute atomic E-state index is 10.8. The molecule has 11 heavy (non-hydrogen) atoms. The van der Waals surface area contributed by atoms with Gasteiger partial charge in [0.25, 0.3) is 0 Å². The Morgan fingerprint density at radius 1 is 1.55 bits per heavy atom. The molecule has 0 bridgehead atoms. The molecule has 2 N–H and O–H groups in total. The van der Waals surface area contributed by atoms with Crippen molar-refractivity contribution in [2.24, 2.45) is 0 Å². The lowest BCUT2D eigenvalue weighted by Crippen LogP contribution is -2.33. The zero-order chi connectivity index (χ0) is 7.68. The van der Waals surface area contributed by atoms with Crippen LogP contribution in [0.3, 0.4) is 0 Å². The lowest BCUT2D eigenvalue weighted by molar-refractivity contribution is 0.250. The Kier molecular flexibility index (Phi) is 1.25. The molecule has 0 saturated heterocycles. The smallest absolute Gasteiger partial charge is 0.319 e. The Labute approximate surface area is 63.6 Å². The van der Waals surface area contributed by atoms with E-state index in [0.717, 1.165) is 11.4 Å². The maximum Gasteiger partial charge on any atom is 0.319 e. The summed E-state index contributed by atoms with van der Waals surface area (Å²) in [6.45, 7) is 0.516. The lowest BCUT2D eigenvalue weighted by Gasteiger charge is -2.15. The van der Waals surface area contributed by atoms with E-state index in [1.165, 1.54) is 0 Å². The normalized spacial score (nSPS) is 14.7. The number of nitrogens with zero attached hydrogens (tertiary/aromatic N) is 1. The van der Waals surface area contributed by atoms with Crippen LogP contribution in [-0.2, 0) is 6.54 Å². The average Bonchev–Trinajstić information content (AvgIpc) is 2.04. The van der Waals surface area contributed by atoms with Gasteiger partial charge in [-0.3, -0.25) is 4.98 Å². The highest BCUT2D eigenvalue weighted by Gasteiger charge is 2.12. The fourth-order valence-corrected chi connectivity index (χ4v) is 1.02. The second-order valence-corrected chi connectivity index (χ2v) is 2.31. The van der Waals surface area contributed by atoms with Crippen LogP contribution in [0.5, 0.6) is 0 Å². The van der Waals surface area contributed by atoms with Crippen molar-refractivity contribution in [3.63, 3.8) is 0 Å². The van der Waals surface area contributed by atoms with Crippen LogP contribution < -0.4 is 10.6 Å². The molecule has 0 fully saturated rings. The van der Waals surface area contributed by atoms with Crippen LogP contribution in [0, 0.1) is 0 Å². The fourth-order valence-electron chi connectivity index (χ4n) is 1.02. The number of amides is 2. The second kappa shape index (κ2) is 2.23. The van der Waals surface area contributed by atoms with Crippen LogP contribution in [0.1, 0.15) is 5.69 Å². The van der Waals surface area contributed by atoms with Crippen molar-refractivity contribution >= 4 is 11.7 Å². The first kappa shape index (κ1) is 6.15. The molecule has 2 rings (SSSR count). The van der Waals surface area contributed by atoms with Gasteiger partial charge in [0.15, 0.2) is 0 Å². The van der Waals surface area contributed by atoms with Gasteiger partial charge in [-0.2, -0.15) is 0 Å². The van der Waals surface area contributed by atoms with E-state index < -0.39 is 0 Å². The number of urea groups is 1. The topological polar surface area (TPSA) is 54.0 Å². The Morgan fingerprint density at radius 3 is 3.36 bits per heavy atom. The van der Waals surface area contributed by atoms with Gasteiger partial charge in [0, 0.05) is 6.20 Å². The van der Waals surface area contributed by atoms with Gasteiger partial charge in [-0.15, -0.1) is 0 Å². The minimum atomic E-state index is -0.162. The zero-order valence-corrected chi connectivity index (χ0v) is 5.79. The van der Waals surface area contributed by atoms with Gasteiger partial charge in [-0.25, -0.2) is 4.79 Å². The molecule has 4 heteroatoms. The molecule has 56 valence electrons. The quantitative estimate of drug-likeness (QED) is 0.571. The highest BCUT2D eigenvalue weighted by Crippen LogP contribution is 2.14. The highest BCUT2D eigenvalue weighted by molar-refractivity contribution is 5.91. The highest BCUT2D eigenvalue weighted by atomic mass is 16.2. The van der Waals surface area contributed by atoms with Crippen LogP contribution in [-0.4, -0.2) is 11.0 Å². The Balaban J connectivity index is 2.41. The van der Waals surface area contributed by atoms with Gasteiger partial charge in [0.2, 0.25) is 0 Å². The Morgan fingerprint density at radius 2 is 2.45 bits per heavy atom. The number of nitrogens with one attached hydrogen (secondary N) is 2. The van der Waals surface area contributed by atoms with Crippen molar-refractivity contribution in [2.45, 2.75) is 6.54 Å². The molecule has 0 spiro atoms. The molecule has 1 aromatic heterocycles. The molecule has 1 aliphatic heterocycles. The molecule has 4 nitrogen and oxygen atoms in total. The minimum absolute atomic E-state index is 0.162. The molecule has 0 unspecified atom stereocenters. The van der Waals surface area contributed by atoms with E-state index in [4.69, 9.17) is 0 Å². The van der Waals surface area contributed by atoms with Gasteiger partial charge in [-0.05, 0) is 12.1 Å². The molecule has 0 atom stereocenters. The number of rotatable bonds is 0. The molecule has 0 aromatic carbocycles. The SMILES string of the molecule is O=C1NCc2ncccc2N1. The number of carbonyl (C=O) groups is 1. The summed E-state index contributed by atoms with van der Waals surface area (Å²) < 4.78 is 0. The molecule has 1 aromatic rings. The first-order valence-electron chi connectivity index (χ1n) is 3.35. The molecule has 2 heterocycles. The summed E-state index contributed by atoms with van der Waals surface area (Å²) >= 11 is 0. The predicted octanol–water partition coefficient (Wildman–Crippen LogP) is 0.717. The summed E-state index contributed by atoms with van der Waals surface area (Å²) in [4.78, 5) is 14.9. The summed E-state index contributed by atoms with van der Waals surface area (Å²) in [6.07, 6.45) is 1.71. The molecule has 0 radical (unpaired) electrons. The van der Waals surface area contributed by atoms with Crippen LogP contribution in [0.25, 0.3) is 0 Å². The summed E-state index contributed by atoms with van der Waals surface area (Å²) in [6, 6.07) is 3.47. The molecular formula is C7H7N3O. The molecule has 2 amide bonds. The molecule has 1 aliphatic rings. The summed E-state index contributed by atoms with van der Waals surface area (Å²) in [5.74, 6) is 0. The first-order chi connectivity index (χ1) is 5.36. The number of hydrogen-bond acceptors (Lipinski definition) is 2. The second-order valence-electron chi connectivity index (χ2n) is 2.31. The van der Waals surface area contributed by atoms with Crippen molar-refractivity contribution in [1.29, 1.82) is 0 Å². The summed E-state index contributed by atoms with van der Waals surface area (Å²) in [5, 5.41) is 5.27. The van der Waals surface area contributed by atoms with E-state index in [1.54, 1.807) is 12.3 Å². The molecule has 0 saturated carbocycles. The monoisotopic (exact) mass is 149 g/mol. The average molecular weight is 149 g/mol. The third kappa shape index (κ3) is 1.02. The Hall–Kier alpha value is -1.58. The third-order valence-corrected chi connectivity index (χ3v) is 1.55. The number of fused-ring (bicyclic) bond motifs is 1. The van der Waals surface area contributed by atoms with Gasteiger partial charge in [0.1, 0.15) is 0 Å². The zero-order valence-electron chi connectivity index (χ0n) is 5.79. The van der Waals surface area contributed by atoms with Gasteiger partial charge < -0.3 is 10.6 Å². The third-order valence-electron chi connectivity index (χ3n) is 1.55. The number of pyridine rings is 1. The standard InChI is InChI=1S/C7H7N3O/c11-7-9-4-6-5(10-7)2-1-3-8-6/h1-3H,4H2,(H2,9,10,11). The molecule has 0 aliphatic carbocycles. The molecular weight excluding hydrogens is 142 g/mol. The van der Waals surface area contributed by atoms with Crippen molar-refractivity contribution in [1.82, 2.24) is 10.3 Å². The fraction of sp³-hybridized carbons (Fsp3) is 0.143. The van der Waals surface area contributed by atoms with Gasteiger partial charge >= 0.3 is 6.03 Å². The number of carbonyl (C=O) groups excluding carboxylic acids is 1. The first-order valence-corrected chi connectivity index (χ1v) is 3.35. The van der Waals surface area contributed by atoms with Crippen molar-refractivity contribution in [2.75, 3.05) is 5.32 Å². The van der Waals surface area contributed by atoms with Crippen molar-refractivity contribution < 1.29 is 4.79 Å². The van der Waals surface area contributed by atoms with E-state index in [-0.39, 0.29) is 6.03 Å². The van der Waals surface area contributed by atoms with E-state index in [1.807, 2.05) is 6.07 Å². The van der Waals surface area contributed by atoms with Crippen LogP contribution in [0.15, 0.2) is 18.3 Å². The summed E-state index contributed by atoms with van der Waals surface area (Å²) in [7, 11) is 0. The van der Waals surface area contributed by atoms with Crippen LogP contribution in [0.2, 0.25) is 0 Å². The lowest BCUT2D eigenvalue weighted by atomic mass is 10.2. The van der Waals surface area contributed by atoms with E-state index in [9.17, 15) is 4.79 Å². The summed E-state index contributed by atoms with van der Waals surface area (Å²) in [5.41, 5.74) is 1.68. The largest absolute Gasteiger partial charge is 0.332 e. The number of hydrogen-bond donors (Lipinski definition) is 2. The maximum atomic E-state index is 10.8. The van der Waals surface area contributed by atoms with E-state index >= 15 is 0 Å². The Bertz CT molecular complexity index is 297. The number of aromatic nitrogens is 1. The van der Waals surface area contributed by atoms with Gasteiger partial charge in [-0.1, -0.05) is 0 Å². The minimum Gasteiger partial charge on any atom is -0.332 e. The van der Waals surface area contributed by atoms with E-state index in [2.05, 4.69) is 15.6 Å². The number of anilines is 1. The predicted molar refractivity (Wildman–Crippen MR) is 40.1 cm³/mol. The van der Waals surface area contributed by atoms with E-state index in [0.29, 0.717) is 6.54 Å². The van der Waals surface area contributed by atoms with Crippen molar-refractivity contribution in [3.05, 3.63) is 24.0 Å². The van der Waals surface area contributed by atoms with Crippen LogP contribution >= 0.6 is 0 Å². The van der Waals surface area contributed by atoms with Crippen molar-refractivity contribution in [3.8, 4) is 0 Å².